The first-order chi connectivity index (χ1) is 10.8. The number of aliphatic imine (C=N–C) groups is 1. The van der Waals surface area contributed by atoms with Crippen LogP contribution in [0.4, 0.5) is 0 Å². The van der Waals surface area contributed by atoms with Crippen LogP contribution in [0.15, 0.2) is 10.4 Å². The Labute approximate surface area is 142 Å². The van der Waals surface area contributed by atoms with Gasteiger partial charge in [-0.25, -0.2) is 13.4 Å². The Balaban J connectivity index is 2.42. The first-order valence-corrected chi connectivity index (χ1v) is 10.4. The van der Waals surface area contributed by atoms with Crippen molar-refractivity contribution in [2.24, 2.45) is 4.99 Å². The fraction of sp³-hybridized carbons (Fsp3) is 0.714. The number of nitrogens with zero attached hydrogens (tertiary/aromatic N) is 3. The van der Waals surface area contributed by atoms with Crippen LogP contribution in [0.5, 0.6) is 0 Å². The Morgan fingerprint density at radius 3 is 2.78 bits per heavy atom. The van der Waals surface area contributed by atoms with E-state index in [0.717, 1.165) is 23.2 Å². The zero-order valence-corrected chi connectivity index (χ0v) is 15.8. The lowest BCUT2D eigenvalue weighted by molar-refractivity contribution is 0.157. The largest absolute Gasteiger partial charge is 0.378 e. The molecule has 132 valence electrons. The van der Waals surface area contributed by atoms with Gasteiger partial charge in [0, 0.05) is 25.2 Å². The van der Waals surface area contributed by atoms with Crippen molar-refractivity contribution in [3.63, 3.8) is 0 Å². The smallest absolute Gasteiger partial charge is 0.194 e. The van der Waals surface area contributed by atoms with Crippen LogP contribution in [0.25, 0.3) is 0 Å². The van der Waals surface area contributed by atoms with Crippen LogP contribution in [0.2, 0.25) is 0 Å². The van der Waals surface area contributed by atoms with E-state index in [2.05, 4.69) is 15.3 Å². The molecule has 0 atom stereocenters. The topological polar surface area (TPSA) is 83.9 Å². The molecule has 7 nitrogen and oxygen atoms in total. The second-order valence-corrected chi connectivity index (χ2v) is 8.51. The number of nitrogens with one attached hydrogen (secondary N) is 1. The lowest BCUT2D eigenvalue weighted by atomic mass is 10.4. The van der Waals surface area contributed by atoms with Gasteiger partial charge in [-0.2, -0.15) is 0 Å². The number of aryl methyl sites for hydroxylation is 1. The van der Waals surface area contributed by atoms with E-state index in [0.29, 0.717) is 19.7 Å². The fourth-order valence-electron chi connectivity index (χ4n) is 1.80. The van der Waals surface area contributed by atoms with Crippen molar-refractivity contribution in [1.82, 2.24) is 15.2 Å². The number of ether oxygens (including phenoxy) is 1. The zero-order valence-electron chi connectivity index (χ0n) is 14.2. The maximum absolute atomic E-state index is 11.0. The van der Waals surface area contributed by atoms with E-state index in [-0.39, 0.29) is 12.4 Å². The Kier molecular flexibility index (Phi) is 8.49. The monoisotopic (exact) mass is 362 g/mol. The molecule has 0 fully saturated rings. The molecule has 1 rings (SSSR count). The van der Waals surface area contributed by atoms with E-state index in [9.17, 15) is 8.42 Å². The third-order valence-electron chi connectivity index (χ3n) is 2.86. The number of rotatable bonds is 9. The Hall–Kier alpha value is -1.19. The highest BCUT2D eigenvalue weighted by atomic mass is 32.2. The van der Waals surface area contributed by atoms with Gasteiger partial charge in [-0.1, -0.05) is 0 Å². The van der Waals surface area contributed by atoms with E-state index in [1.165, 1.54) is 6.26 Å². The molecule has 0 amide bonds. The van der Waals surface area contributed by atoms with E-state index in [1.807, 2.05) is 31.2 Å². The molecular formula is C14H26N4O3S2. The van der Waals surface area contributed by atoms with E-state index in [4.69, 9.17) is 4.74 Å². The van der Waals surface area contributed by atoms with Crippen molar-refractivity contribution < 1.29 is 13.2 Å². The summed E-state index contributed by atoms with van der Waals surface area (Å²) in [7, 11) is -1.01. The van der Waals surface area contributed by atoms with Crippen LogP contribution in [0.3, 0.4) is 0 Å². The SMILES string of the molecule is CCNC(=NCCOCCS(C)(=O)=O)N(C)Cc1csc(C)n1. The fourth-order valence-corrected chi connectivity index (χ4v) is 2.82. The maximum Gasteiger partial charge on any atom is 0.194 e. The molecule has 0 spiro atoms. The van der Waals surface area contributed by atoms with E-state index >= 15 is 0 Å². The minimum Gasteiger partial charge on any atom is -0.378 e. The summed E-state index contributed by atoms with van der Waals surface area (Å²) in [5, 5.41) is 6.32. The lowest BCUT2D eigenvalue weighted by Crippen LogP contribution is -2.38. The summed E-state index contributed by atoms with van der Waals surface area (Å²) >= 11 is 1.63. The summed E-state index contributed by atoms with van der Waals surface area (Å²) in [6.45, 7) is 6.54. The van der Waals surface area contributed by atoms with Gasteiger partial charge in [-0.3, -0.25) is 4.99 Å². The highest BCUT2D eigenvalue weighted by Gasteiger charge is 2.08. The highest BCUT2D eigenvalue weighted by Crippen LogP contribution is 2.09. The molecule has 23 heavy (non-hydrogen) atoms. The molecule has 0 unspecified atom stereocenters. The van der Waals surface area contributed by atoms with Crippen LogP contribution in [-0.4, -0.2) is 69.6 Å². The molecule has 0 saturated carbocycles. The van der Waals surface area contributed by atoms with Crippen LogP contribution in [-0.2, 0) is 21.1 Å². The predicted molar refractivity (Wildman–Crippen MR) is 94.8 cm³/mol. The van der Waals surface area contributed by atoms with Gasteiger partial charge in [-0.05, 0) is 13.8 Å². The van der Waals surface area contributed by atoms with Crippen molar-refractivity contribution in [3.8, 4) is 0 Å². The summed E-state index contributed by atoms with van der Waals surface area (Å²) in [5.41, 5.74) is 1.02. The molecule has 1 N–H and O–H groups in total. The number of hydrogen-bond donors (Lipinski definition) is 1. The van der Waals surface area contributed by atoms with E-state index < -0.39 is 9.84 Å². The molecule has 0 aliphatic rings. The number of sulfone groups is 1. The van der Waals surface area contributed by atoms with Gasteiger partial charge in [0.05, 0.1) is 42.8 Å². The maximum atomic E-state index is 11.0. The summed E-state index contributed by atoms with van der Waals surface area (Å²) in [4.78, 5) is 10.9. The second kappa shape index (κ2) is 9.84. The highest BCUT2D eigenvalue weighted by molar-refractivity contribution is 7.90. The van der Waals surface area contributed by atoms with Crippen LogP contribution in [0, 0.1) is 6.92 Å². The molecule has 1 heterocycles. The lowest BCUT2D eigenvalue weighted by Gasteiger charge is -2.21. The molecule has 0 radical (unpaired) electrons. The summed E-state index contributed by atoms with van der Waals surface area (Å²) < 4.78 is 27.3. The molecular weight excluding hydrogens is 336 g/mol. The summed E-state index contributed by atoms with van der Waals surface area (Å²) in [5.74, 6) is 0.824. The molecule has 0 bridgehead atoms. The molecule has 9 heteroatoms. The molecule has 0 aromatic carbocycles. The Morgan fingerprint density at radius 2 is 2.22 bits per heavy atom. The minimum atomic E-state index is -2.97. The number of guanidine groups is 1. The average Bonchev–Trinajstić information content (AvgIpc) is 2.85. The quantitative estimate of drug-likeness (QED) is 0.399. The van der Waals surface area contributed by atoms with Gasteiger partial charge in [0.15, 0.2) is 5.96 Å². The number of hydrogen-bond acceptors (Lipinski definition) is 6. The molecule has 0 aliphatic carbocycles. The number of aromatic nitrogens is 1. The zero-order chi connectivity index (χ0) is 17.3. The average molecular weight is 363 g/mol. The van der Waals surface area contributed by atoms with Gasteiger partial charge < -0.3 is 15.0 Å². The normalized spacial score (nSPS) is 12.4. The Morgan fingerprint density at radius 1 is 1.48 bits per heavy atom. The molecule has 0 aliphatic heterocycles. The van der Waals surface area contributed by atoms with Gasteiger partial charge in [0.1, 0.15) is 9.84 Å². The summed E-state index contributed by atoms with van der Waals surface area (Å²) in [6, 6.07) is 0. The van der Waals surface area contributed by atoms with Crippen molar-refractivity contribution in [2.45, 2.75) is 20.4 Å². The van der Waals surface area contributed by atoms with E-state index in [1.54, 1.807) is 11.3 Å². The van der Waals surface area contributed by atoms with Crippen LogP contribution in [0.1, 0.15) is 17.6 Å². The molecule has 1 aromatic rings. The van der Waals surface area contributed by atoms with Crippen LogP contribution < -0.4 is 5.32 Å². The number of thiazole rings is 1. The molecule has 1 aromatic heterocycles. The van der Waals surface area contributed by atoms with Gasteiger partial charge in [0.2, 0.25) is 0 Å². The van der Waals surface area contributed by atoms with Gasteiger partial charge >= 0.3 is 0 Å². The van der Waals surface area contributed by atoms with Crippen molar-refractivity contribution in [2.75, 3.05) is 45.4 Å². The minimum absolute atomic E-state index is 0.0415. The first-order valence-electron chi connectivity index (χ1n) is 7.47. The first kappa shape index (κ1) is 19.9. The standard InChI is InChI=1S/C14H26N4O3S2/c1-5-15-14(16-6-7-21-8-9-23(4,19)20)18(3)10-13-11-22-12(2)17-13/h11H,5-10H2,1-4H3,(H,15,16). The Bertz CT molecular complexity index is 599. The van der Waals surface area contributed by atoms with Crippen LogP contribution >= 0.6 is 11.3 Å². The van der Waals surface area contributed by atoms with Crippen molar-refractivity contribution in [3.05, 3.63) is 16.1 Å². The summed E-state index contributed by atoms with van der Waals surface area (Å²) in [6.07, 6.45) is 1.20. The third kappa shape index (κ3) is 8.87. The van der Waals surface area contributed by atoms with Crippen molar-refractivity contribution in [1.29, 1.82) is 0 Å². The van der Waals surface area contributed by atoms with Crippen molar-refractivity contribution >= 4 is 27.1 Å². The predicted octanol–water partition coefficient (Wildman–Crippen LogP) is 0.910. The third-order valence-corrected chi connectivity index (χ3v) is 4.59. The second-order valence-electron chi connectivity index (χ2n) is 5.19. The van der Waals surface area contributed by atoms with Gasteiger partial charge in [0.25, 0.3) is 0 Å². The van der Waals surface area contributed by atoms with Gasteiger partial charge in [-0.15, -0.1) is 11.3 Å². The molecule has 0 saturated heterocycles.